The summed E-state index contributed by atoms with van der Waals surface area (Å²) in [6, 6.07) is 10.8. The number of hydrogen-bond acceptors (Lipinski definition) is 7. The van der Waals surface area contributed by atoms with Gasteiger partial charge in [0.1, 0.15) is 0 Å². The third kappa shape index (κ3) is 3.34. The van der Waals surface area contributed by atoms with Crippen LogP contribution in [0.3, 0.4) is 0 Å². The first kappa shape index (κ1) is 19.7. The number of nitrogens with zero attached hydrogens (tertiary/aromatic N) is 3. The van der Waals surface area contributed by atoms with E-state index in [1.807, 2.05) is 0 Å². The fourth-order valence-corrected chi connectivity index (χ4v) is 4.00. The zero-order chi connectivity index (χ0) is 21.4. The standard InChI is InChI=1S/C20H12ClN3O5S/c21-12-4-6-13(7-5-12)23-16(11-2-1-3-14(10-11)24(28)29)15(18(26)20(23)27)17(25)19-22-8-9-30-19/h1-10,16,26H/t16-/m0/s1. The minimum Gasteiger partial charge on any atom is -0.503 e. The largest absolute Gasteiger partial charge is 0.503 e. The van der Waals surface area contributed by atoms with E-state index in [0.29, 0.717) is 16.3 Å². The van der Waals surface area contributed by atoms with E-state index >= 15 is 0 Å². The van der Waals surface area contributed by atoms with E-state index in [-0.39, 0.29) is 16.3 Å². The number of carbonyl (C=O) groups excluding carboxylic acids is 2. The van der Waals surface area contributed by atoms with Crippen LogP contribution >= 0.6 is 22.9 Å². The zero-order valence-corrected chi connectivity index (χ0v) is 16.6. The molecule has 0 spiro atoms. The number of rotatable bonds is 5. The molecule has 0 bridgehead atoms. The SMILES string of the molecule is O=C(C1=C(O)C(=O)N(c2ccc(Cl)cc2)[C@H]1c1cccc([N+](=O)[O-])c1)c1nccs1. The lowest BCUT2D eigenvalue weighted by atomic mass is 9.95. The summed E-state index contributed by atoms with van der Waals surface area (Å²) < 4.78 is 0. The molecule has 0 saturated heterocycles. The van der Waals surface area contributed by atoms with E-state index in [0.717, 1.165) is 11.3 Å². The predicted octanol–water partition coefficient (Wildman–Crippen LogP) is 4.49. The van der Waals surface area contributed by atoms with Gasteiger partial charge in [-0.1, -0.05) is 23.7 Å². The number of ketones is 1. The lowest BCUT2D eigenvalue weighted by molar-refractivity contribution is -0.384. The number of hydrogen-bond donors (Lipinski definition) is 1. The van der Waals surface area contributed by atoms with Gasteiger partial charge in [-0.25, -0.2) is 4.98 Å². The number of Topliss-reactive ketones (excluding diaryl/α,β-unsaturated/α-hetero) is 1. The summed E-state index contributed by atoms with van der Waals surface area (Å²) in [6.45, 7) is 0. The number of aromatic nitrogens is 1. The molecule has 150 valence electrons. The Bertz CT molecular complexity index is 1190. The van der Waals surface area contributed by atoms with Gasteiger partial charge in [0.05, 0.1) is 16.5 Å². The van der Waals surface area contributed by atoms with Crippen LogP contribution in [0.5, 0.6) is 0 Å². The van der Waals surface area contributed by atoms with Gasteiger partial charge in [0.15, 0.2) is 10.8 Å². The number of benzene rings is 2. The Morgan fingerprint density at radius 3 is 2.60 bits per heavy atom. The highest BCUT2D eigenvalue weighted by Crippen LogP contribution is 2.42. The predicted molar refractivity (Wildman–Crippen MR) is 111 cm³/mol. The normalized spacial score (nSPS) is 16.2. The van der Waals surface area contributed by atoms with Crippen molar-refractivity contribution in [3.8, 4) is 0 Å². The van der Waals surface area contributed by atoms with Crippen LogP contribution < -0.4 is 4.90 Å². The van der Waals surface area contributed by atoms with Crippen LogP contribution in [0.4, 0.5) is 11.4 Å². The van der Waals surface area contributed by atoms with Gasteiger partial charge in [0.2, 0.25) is 5.78 Å². The van der Waals surface area contributed by atoms with Crippen molar-refractivity contribution in [1.82, 2.24) is 4.98 Å². The monoisotopic (exact) mass is 441 g/mol. The number of nitro benzene ring substituents is 1. The van der Waals surface area contributed by atoms with Crippen molar-refractivity contribution in [2.75, 3.05) is 4.90 Å². The van der Waals surface area contributed by atoms with Crippen LogP contribution in [0.1, 0.15) is 21.4 Å². The molecule has 0 aliphatic carbocycles. The minimum absolute atomic E-state index is 0.0951. The second-order valence-corrected chi connectivity index (χ2v) is 7.67. The van der Waals surface area contributed by atoms with Crippen molar-refractivity contribution in [3.63, 3.8) is 0 Å². The maximum Gasteiger partial charge on any atom is 0.294 e. The Balaban J connectivity index is 1.90. The molecule has 1 aliphatic rings. The Kier molecular flexibility index (Phi) is 5.06. The van der Waals surface area contributed by atoms with E-state index in [4.69, 9.17) is 11.6 Å². The number of thiazole rings is 1. The van der Waals surface area contributed by atoms with Crippen LogP contribution in [0.25, 0.3) is 0 Å². The molecule has 1 atom stereocenters. The number of aliphatic hydroxyl groups is 1. The van der Waals surface area contributed by atoms with E-state index < -0.39 is 28.4 Å². The Morgan fingerprint density at radius 1 is 1.23 bits per heavy atom. The Labute approximate surface area is 178 Å². The average molecular weight is 442 g/mol. The molecule has 4 rings (SSSR count). The van der Waals surface area contributed by atoms with E-state index in [2.05, 4.69) is 4.98 Å². The van der Waals surface area contributed by atoms with E-state index in [1.165, 1.54) is 29.3 Å². The summed E-state index contributed by atoms with van der Waals surface area (Å²) in [5.74, 6) is -2.14. The number of nitro groups is 1. The maximum absolute atomic E-state index is 13.1. The number of anilines is 1. The highest BCUT2D eigenvalue weighted by atomic mass is 35.5. The maximum atomic E-state index is 13.1. The van der Waals surface area contributed by atoms with Crippen molar-refractivity contribution in [3.05, 3.63) is 97.1 Å². The second-order valence-electron chi connectivity index (χ2n) is 6.33. The zero-order valence-electron chi connectivity index (χ0n) is 15.1. The number of aliphatic hydroxyl groups excluding tert-OH is 1. The first-order chi connectivity index (χ1) is 14.4. The molecule has 10 heteroatoms. The first-order valence-electron chi connectivity index (χ1n) is 8.59. The van der Waals surface area contributed by atoms with Gasteiger partial charge in [0, 0.05) is 34.4 Å². The smallest absolute Gasteiger partial charge is 0.294 e. The number of carbonyl (C=O) groups is 2. The summed E-state index contributed by atoms with van der Waals surface area (Å²) in [5, 5.41) is 24.0. The van der Waals surface area contributed by atoms with Crippen molar-refractivity contribution in [2.24, 2.45) is 0 Å². The average Bonchev–Trinajstić information content (AvgIpc) is 3.36. The molecule has 1 N–H and O–H groups in total. The van der Waals surface area contributed by atoms with Gasteiger partial charge in [0.25, 0.3) is 11.6 Å². The van der Waals surface area contributed by atoms with Crippen molar-refractivity contribution in [2.45, 2.75) is 6.04 Å². The van der Waals surface area contributed by atoms with Crippen LogP contribution in [0, 0.1) is 10.1 Å². The highest BCUT2D eigenvalue weighted by Gasteiger charge is 2.45. The molecule has 1 aromatic heterocycles. The quantitative estimate of drug-likeness (QED) is 0.354. The molecular formula is C20H12ClN3O5S. The molecular weight excluding hydrogens is 430 g/mol. The molecule has 0 radical (unpaired) electrons. The third-order valence-corrected chi connectivity index (χ3v) is 5.60. The van der Waals surface area contributed by atoms with E-state index in [1.54, 1.807) is 35.7 Å². The topological polar surface area (TPSA) is 114 Å². The lowest BCUT2D eigenvalue weighted by Crippen LogP contribution is -2.31. The van der Waals surface area contributed by atoms with E-state index in [9.17, 15) is 24.8 Å². The summed E-state index contributed by atoms with van der Waals surface area (Å²) in [7, 11) is 0. The molecule has 0 unspecified atom stereocenters. The van der Waals surface area contributed by atoms with Gasteiger partial charge >= 0.3 is 0 Å². The summed E-state index contributed by atoms with van der Waals surface area (Å²) in [6.07, 6.45) is 1.44. The van der Waals surface area contributed by atoms with Gasteiger partial charge in [-0.15, -0.1) is 11.3 Å². The fourth-order valence-electron chi connectivity index (χ4n) is 3.28. The molecule has 2 heterocycles. The molecule has 30 heavy (non-hydrogen) atoms. The lowest BCUT2D eigenvalue weighted by Gasteiger charge is -2.26. The van der Waals surface area contributed by atoms with Crippen molar-refractivity contribution < 1.29 is 19.6 Å². The molecule has 1 amide bonds. The van der Waals surface area contributed by atoms with Crippen LogP contribution in [-0.2, 0) is 4.79 Å². The second kappa shape index (κ2) is 7.69. The number of halogens is 1. The summed E-state index contributed by atoms with van der Waals surface area (Å²) in [4.78, 5) is 41.9. The van der Waals surface area contributed by atoms with Gasteiger partial charge in [-0.3, -0.25) is 24.6 Å². The van der Waals surface area contributed by atoms with Crippen molar-refractivity contribution >= 4 is 46.0 Å². The summed E-state index contributed by atoms with van der Waals surface area (Å²) in [5.41, 5.74) is 0.277. The van der Waals surface area contributed by atoms with Gasteiger partial charge in [-0.05, 0) is 29.8 Å². The molecule has 8 nitrogen and oxygen atoms in total. The van der Waals surface area contributed by atoms with Crippen LogP contribution in [-0.4, -0.2) is 26.7 Å². The van der Waals surface area contributed by atoms with Crippen molar-refractivity contribution in [1.29, 1.82) is 0 Å². The van der Waals surface area contributed by atoms with Crippen LogP contribution in [0.2, 0.25) is 5.02 Å². The first-order valence-corrected chi connectivity index (χ1v) is 9.85. The van der Waals surface area contributed by atoms with Gasteiger partial charge in [-0.2, -0.15) is 0 Å². The number of non-ortho nitro benzene ring substituents is 1. The highest BCUT2D eigenvalue weighted by molar-refractivity contribution is 7.11. The molecule has 1 aliphatic heterocycles. The molecule has 0 saturated carbocycles. The fraction of sp³-hybridized carbons (Fsp3) is 0.0500. The Morgan fingerprint density at radius 2 is 1.97 bits per heavy atom. The molecule has 0 fully saturated rings. The minimum atomic E-state index is -1.07. The summed E-state index contributed by atoms with van der Waals surface area (Å²) >= 11 is 7.00. The number of amides is 1. The molecule has 2 aromatic carbocycles. The molecule has 3 aromatic rings. The third-order valence-electron chi connectivity index (χ3n) is 4.58. The van der Waals surface area contributed by atoms with Crippen LogP contribution in [0.15, 0.2) is 71.4 Å². The Hall–Kier alpha value is -3.56. The van der Waals surface area contributed by atoms with Gasteiger partial charge < -0.3 is 5.11 Å².